The van der Waals surface area contributed by atoms with Crippen molar-refractivity contribution in [1.82, 2.24) is 0 Å². The van der Waals surface area contributed by atoms with E-state index in [0.29, 0.717) is 11.4 Å². The fourth-order valence-electron chi connectivity index (χ4n) is 2.59. The normalized spacial score (nSPS) is 11.1. The number of nitrogens with zero attached hydrogens (tertiary/aromatic N) is 1. The molecule has 0 atom stereocenters. The largest absolute Gasteiger partial charge is 0.497 e. The van der Waals surface area contributed by atoms with Crippen LogP contribution >= 0.6 is 0 Å². The molecule has 146 valence electrons. The quantitative estimate of drug-likeness (QED) is 0.613. The Morgan fingerprint density at radius 3 is 2.15 bits per heavy atom. The highest BCUT2D eigenvalue weighted by atomic mass is 32.2. The van der Waals surface area contributed by atoms with Gasteiger partial charge in [-0.15, -0.1) is 0 Å². The van der Waals surface area contributed by atoms with Gasteiger partial charge in [0.1, 0.15) is 5.75 Å². The Balaban J connectivity index is 2.37. The summed E-state index contributed by atoms with van der Waals surface area (Å²) in [7, 11) is -2.28. The lowest BCUT2D eigenvalue weighted by atomic mass is 10.2. The number of sulfonamides is 1. The smallest absolute Gasteiger partial charge is 0.307 e. The highest BCUT2D eigenvalue weighted by molar-refractivity contribution is 7.92. The minimum absolute atomic E-state index is 0.0109. The van der Waals surface area contributed by atoms with Gasteiger partial charge in [0.05, 0.1) is 30.7 Å². The van der Waals surface area contributed by atoms with Crippen molar-refractivity contribution in [2.75, 3.05) is 24.6 Å². The van der Waals surface area contributed by atoms with E-state index in [0.717, 1.165) is 12.0 Å². The molecule has 2 aromatic rings. The summed E-state index contributed by atoms with van der Waals surface area (Å²) < 4.78 is 37.7. The molecule has 0 saturated carbocycles. The first-order valence-corrected chi connectivity index (χ1v) is 10.3. The molecule has 0 aliphatic rings. The van der Waals surface area contributed by atoms with Gasteiger partial charge in [-0.3, -0.25) is 9.10 Å². The van der Waals surface area contributed by atoms with Gasteiger partial charge in [-0.2, -0.15) is 0 Å². The Labute approximate surface area is 160 Å². The molecule has 0 unspecified atom stereocenters. The fourth-order valence-corrected chi connectivity index (χ4v) is 4.05. The van der Waals surface area contributed by atoms with Crippen molar-refractivity contribution in [3.8, 4) is 5.75 Å². The number of methoxy groups -OCH3 is 1. The summed E-state index contributed by atoms with van der Waals surface area (Å²) in [5, 5.41) is 0. The van der Waals surface area contributed by atoms with Gasteiger partial charge in [-0.25, -0.2) is 8.42 Å². The van der Waals surface area contributed by atoms with Crippen LogP contribution in [-0.2, 0) is 26.0 Å². The minimum atomic E-state index is -3.82. The number of hydrogen-bond acceptors (Lipinski definition) is 5. The molecule has 0 aromatic heterocycles. The van der Waals surface area contributed by atoms with E-state index in [1.54, 1.807) is 62.6 Å². The highest BCUT2D eigenvalue weighted by Crippen LogP contribution is 2.26. The van der Waals surface area contributed by atoms with E-state index in [-0.39, 0.29) is 24.5 Å². The number of benzene rings is 2. The van der Waals surface area contributed by atoms with E-state index in [4.69, 9.17) is 9.47 Å². The second-order valence-corrected chi connectivity index (χ2v) is 7.69. The van der Waals surface area contributed by atoms with Crippen LogP contribution in [0.2, 0.25) is 0 Å². The van der Waals surface area contributed by atoms with E-state index in [1.165, 1.54) is 4.31 Å². The zero-order valence-corrected chi connectivity index (χ0v) is 16.7. The summed E-state index contributed by atoms with van der Waals surface area (Å²) in [5.74, 6) is 0.182. The topological polar surface area (TPSA) is 72.9 Å². The SMILES string of the molecule is CCOC(=O)CCN(c1ccc(OC)cc1)S(=O)(=O)c1ccc(CC)cc1. The summed E-state index contributed by atoms with van der Waals surface area (Å²) in [5.41, 5.74) is 1.51. The van der Waals surface area contributed by atoms with Gasteiger partial charge in [0.25, 0.3) is 10.0 Å². The van der Waals surface area contributed by atoms with E-state index in [1.807, 2.05) is 6.92 Å². The standard InChI is InChI=1S/C20H25NO5S/c1-4-16-6-12-19(13-7-16)27(23,24)21(15-14-20(22)26-5-2)17-8-10-18(25-3)11-9-17/h6-13H,4-5,14-15H2,1-3H3. The van der Waals surface area contributed by atoms with Crippen molar-refractivity contribution in [2.24, 2.45) is 0 Å². The first kappa shape index (κ1) is 20.8. The molecular weight excluding hydrogens is 366 g/mol. The molecular formula is C20H25NO5S. The molecule has 7 heteroatoms. The highest BCUT2D eigenvalue weighted by Gasteiger charge is 2.25. The molecule has 27 heavy (non-hydrogen) atoms. The number of carbonyl (C=O) groups is 1. The van der Waals surface area contributed by atoms with Gasteiger partial charge >= 0.3 is 5.97 Å². The molecule has 0 fully saturated rings. The van der Waals surface area contributed by atoms with Gasteiger partial charge in [0.15, 0.2) is 0 Å². The average molecular weight is 391 g/mol. The summed E-state index contributed by atoms with van der Waals surface area (Å²) in [4.78, 5) is 11.9. The number of esters is 1. The fraction of sp³-hybridized carbons (Fsp3) is 0.350. The Hall–Kier alpha value is -2.54. The molecule has 0 N–H and O–H groups in total. The number of ether oxygens (including phenoxy) is 2. The third kappa shape index (κ3) is 5.23. The molecule has 0 aliphatic heterocycles. The number of anilines is 1. The van der Waals surface area contributed by atoms with Crippen molar-refractivity contribution in [1.29, 1.82) is 0 Å². The van der Waals surface area contributed by atoms with E-state index < -0.39 is 16.0 Å². The molecule has 0 bridgehead atoms. The molecule has 0 heterocycles. The number of rotatable bonds is 9. The van der Waals surface area contributed by atoms with E-state index in [9.17, 15) is 13.2 Å². The van der Waals surface area contributed by atoms with Crippen LogP contribution in [0.4, 0.5) is 5.69 Å². The van der Waals surface area contributed by atoms with Gasteiger partial charge in [0, 0.05) is 6.54 Å². The molecule has 0 saturated heterocycles. The predicted octanol–water partition coefficient (Wildman–Crippen LogP) is 3.41. The maximum absolute atomic E-state index is 13.2. The minimum Gasteiger partial charge on any atom is -0.497 e. The molecule has 0 aliphatic carbocycles. The van der Waals surface area contributed by atoms with Crippen LogP contribution in [-0.4, -0.2) is 34.6 Å². The summed E-state index contributed by atoms with van der Waals surface area (Å²) in [6.07, 6.45) is 0.789. The van der Waals surface area contributed by atoms with Crippen LogP contribution in [0.15, 0.2) is 53.4 Å². The second kappa shape index (κ2) is 9.41. The summed E-state index contributed by atoms with van der Waals surface area (Å²) in [6, 6.07) is 13.5. The lowest BCUT2D eigenvalue weighted by Crippen LogP contribution is -2.33. The van der Waals surface area contributed by atoms with Crippen molar-refractivity contribution in [3.05, 3.63) is 54.1 Å². The monoisotopic (exact) mass is 391 g/mol. The van der Waals surface area contributed by atoms with Crippen LogP contribution in [0.5, 0.6) is 5.75 Å². The number of aryl methyl sites for hydroxylation is 1. The maximum Gasteiger partial charge on any atom is 0.307 e. The second-order valence-electron chi connectivity index (χ2n) is 5.83. The molecule has 2 aromatic carbocycles. The molecule has 0 amide bonds. The van der Waals surface area contributed by atoms with Gasteiger partial charge in [-0.05, 0) is 55.3 Å². The van der Waals surface area contributed by atoms with Gasteiger partial charge < -0.3 is 9.47 Å². The lowest BCUT2D eigenvalue weighted by molar-refractivity contribution is -0.142. The van der Waals surface area contributed by atoms with Crippen molar-refractivity contribution in [2.45, 2.75) is 31.6 Å². The van der Waals surface area contributed by atoms with Crippen LogP contribution in [0.1, 0.15) is 25.8 Å². The molecule has 6 nitrogen and oxygen atoms in total. The zero-order chi connectivity index (χ0) is 19.9. The Kier molecular flexibility index (Phi) is 7.24. The Morgan fingerprint density at radius 2 is 1.63 bits per heavy atom. The van der Waals surface area contributed by atoms with Crippen molar-refractivity contribution in [3.63, 3.8) is 0 Å². The Bertz CT molecular complexity index is 845. The number of hydrogen-bond donors (Lipinski definition) is 0. The van der Waals surface area contributed by atoms with Gasteiger partial charge in [-0.1, -0.05) is 19.1 Å². The zero-order valence-electron chi connectivity index (χ0n) is 15.8. The van der Waals surface area contributed by atoms with Crippen LogP contribution in [0.25, 0.3) is 0 Å². The van der Waals surface area contributed by atoms with Crippen molar-refractivity contribution >= 4 is 21.7 Å². The maximum atomic E-state index is 13.2. The summed E-state index contributed by atoms with van der Waals surface area (Å²) >= 11 is 0. The van der Waals surface area contributed by atoms with Crippen LogP contribution in [0, 0.1) is 0 Å². The molecule has 2 rings (SSSR count). The predicted molar refractivity (Wildman–Crippen MR) is 105 cm³/mol. The van der Waals surface area contributed by atoms with E-state index in [2.05, 4.69) is 0 Å². The third-order valence-electron chi connectivity index (χ3n) is 4.10. The lowest BCUT2D eigenvalue weighted by Gasteiger charge is -2.24. The van der Waals surface area contributed by atoms with Crippen LogP contribution in [0.3, 0.4) is 0 Å². The van der Waals surface area contributed by atoms with Gasteiger partial charge in [0.2, 0.25) is 0 Å². The summed E-state index contributed by atoms with van der Waals surface area (Å²) in [6.45, 7) is 3.97. The first-order chi connectivity index (χ1) is 12.9. The Morgan fingerprint density at radius 1 is 1.00 bits per heavy atom. The molecule has 0 radical (unpaired) electrons. The van der Waals surface area contributed by atoms with E-state index >= 15 is 0 Å². The third-order valence-corrected chi connectivity index (χ3v) is 5.95. The number of carbonyl (C=O) groups excluding carboxylic acids is 1. The van der Waals surface area contributed by atoms with Crippen LogP contribution < -0.4 is 9.04 Å². The molecule has 0 spiro atoms. The first-order valence-electron chi connectivity index (χ1n) is 8.83. The average Bonchev–Trinajstić information content (AvgIpc) is 2.68. The van der Waals surface area contributed by atoms with Crippen molar-refractivity contribution < 1.29 is 22.7 Å².